The number of nitrogens with zero attached hydrogens (tertiary/aromatic N) is 2. The van der Waals surface area contributed by atoms with Crippen LogP contribution >= 0.6 is 0 Å². The lowest BCUT2D eigenvalue weighted by molar-refractivity contribution is 0.0312. The van der Waals surface area contributed by atoms with E-state index in [-0.39, 0.29) is 29.9 Å². The van der Waals surface area contributed by atoms with Crippen LogP contribution in [0.2, 0.25) is 5.04 Å². The molecule has 0 unspecified atom stereocenters. The number of benzene rings is 4. The number of carbonyl (C=O) groups is 1. The van der Waals surface area contributed by atoms with E-state index in [9.17, 15) is 10.1 Å². The summed E-state index contributed by atoms with van der Waals surface area (Å²) in [6, 6.07) is 40.5. The van der Waals surface area contributed by atoms with E-state index in [2.05, 4.69) is 87.5 Å². The smallest absolute Gasteiger partial charge is 0.410 e. The van der Waals surface area contributed by atoms with Crippen LogP contribution in [-0.4, -0.2) is 32.0 Å². The van der Waals surface area contributed by atoms with Gasteiger partial charge in [0, 0.05) is 12.6 Å². The lowest BCUT2D eigenvalue weighted by Gasteiger charge is -2.48. The largest absolute Gasteiger partial charge is 0.445 e. The number of carbonyl (C=O) groups excluding carboxylic acids is 1. The number of hydrogen-bond donors (Lipinski definition) is 0. The van der Waals surface area contributed by atoms with Gasteiger partial charge in [0.2, 0.25) is 0 Å². The Hall–Kier alpha value is -4.18. The molecule has 0 N–H and O–H groups in total. The van der Waals surface area contributed by atoms with E-state index in [4.69, 9.17) is 9.16 Å². The first-order valence-corrected chi connectivity index (χ1v) is 16.5. The highest BCUT2D eigenvalue weighted by Gasteiger charge is 2.52. The van der Waals surface area contributed by atoms with Crippen LogP contribution in [0.15, 0.2) is 115 Å². The minimum absolute atomic E-state index is 0.0740. The van der Waals surface area contributed by atoms with Crippen molar-refractivity contribution in [1.29, 1.82) is 5.26 Å². The van der Waals surface area contributed by atoms with Gasteiger partial charge in [-0.25, -0.2) is 4.79 Å². The standard InChI is InChI=1S/C36H38N2O3Si/c1-36(2,3)42(32-15-9-5-10-16-32,33-17-11-6-12-18-33)41-31-23-24-38(35(39)40-27-29-13-7-4-8-14-29)34(25-31)30-21-19-28(26-37)20-22-30/h4-22,31,34H,23-25,27H2,1-3H3/t31-,34+/m1/s1. The summed E-state index contributed by atoms with van der Waals surface area (Å²) in [6.07, 6.45) is 0.932. The summed E-state index contributed by atoms with van der Waals surface area (Å²) in [6.45, 7) is 7.59. The Labute approximate surface area is 250 Å². The maximum Gasteiger partial charge on any atom is 0.410 e. The van der Waals surface area contributed by atoms with Crippen molar-refractivity contribution >= 4 is 24.8 Å². The van der Waals surface area contributed by atoms with Gasteiger partial charge in [0.25, 0.3) is 8.32 Å². The molecule has 1 saturated heterocycles. The fourth-order valence-corrected chi connectivity index (χ4v) is 10.8. The van der Waals surface area contributed by atoms with E-state index in [1.807, 2.05) is 59.5 Å². The fourth-order valence-electron chi connectivity index (χ4n) is 6.10. The van der Waals surface area contributed by atoms with Crippen molar-refractivity contribution in [1.82, 2.24) is 4.90 Å². The van der Waals surface area contributed by atoms with E-state index in [1.165, 1.54) is 10.4 Å². The van der Waals surface area contributed by atoms with Crippen LogP contribution in [0.25, 0.3) is 0 Å². The van der Waals surface area contributed by atoms with Gasteiger partial charge in [0.05, 0.1) is 17.7 Å². The highest BCUT2D eigenvalue weighted by Crippen LogP contribution is 2.41. The Bertz CT molecular complexity index is 1460. The molecule has 1 fully saturated rings. The minimum Gasteiger partial charge on any atom is -0.445 e. The Morgan fingerprint density at radius 1 is 0.857 bits per heavy atom. The van der Waals surface area contributed by atoms with Gasteiger partial charge in [-0.1, -0.05) is 124 Å². The first-order valence-electron chi connectivity index (χ1n) is 14.6. The predicted molar refractivity (Wildman–Crippen MR) is 169 cm³/mol. The van der Waals surface area contributed by atoms with E-state index in [0.717, 1.165) is 11.1 Å². The Kier molecular flexibility index (Phi) is 8.91. The lowest BCUT2D eigenvalue weighted by atomic mass is 9.93. The van der Waals surface area contributed by atoms with Crippen LogP contribution in [0, 0.1) is 11.3 Å². The van der Waals surface area contributed by atoms with Gasteiger partial charge in [-0.2, -0.15) is 5.26 Å². The molecule has 2 atom stereocenters. The molecule has 4 aromatic rings. The molecule has 214 valence electrons. The van der Waals surface area contributed by atoms with Gasteiger partial charge in [-0.3, -0.25) is 0 Å². The molecule has 1 amide bonds. The highest BCUT2D eigenvalue weighted by molar-refractivity contribution is 6.99. The van der Waals surface area contributed by atoms with Gasteiger partial charge in [-0.05, 0) is 51.5 Å². The molecule has 6 heteroatoms. The molecule has 0 radical (unpaired) electrons. The summed E-state index contributed by atoms with van der Waals surface area (Å²) >= 11 is 0. The molecule has 1 aliphatic rings. The van der Waals surface area contributed by atoms with Crippen molar-refractivity contribution in [2.24, 2.45) is 0 Å². The summed E-state index contributed by atoms with van der Waals surface area (Å²) in [5, 5.41) is 11.7. The van der Waals surface area contributed by atoms with Gasteiger partial charge in [0.15, 0.2) is 0 Å². The van der Waals surface area contributed by atoms with Crippen LogP contribution in [0.1, 0.15) is 56.3 Å². The molecule has 0 bridgehead atoms. The van der Waals surface area contributed by atoms with E-state index < -0.39 is 8.32 Å². The van der Waals surface area contributed by atoms with Gasteiger partial charge >= 0.3 is 6.09 Å². The van der Waals surface area contributed by atoms with E-state index in [0.29, 0.717) is 24.9 Å². The third kappa shape index (κ3) is 6.18. The summed E-state index contributed by atoms with van der Waals surface area (Å²) in [5.41, 5.74) is 2.51. The molecule has 42 heavy (non-hydrogen) atoms. The Morgan fingerprint density at radius 2 is 1.40 bits per heavy atom. The number of hydrogen-bond acceptors (Lipinski definition) is 4. The topological polar surface area (TPSA) is 62.6 Å². The number of nitriles is 1. The quantitative estimate of drug-likeness (QED) is 0.224. The van der Waals surface area contributed by atoms with E-state index >= 15 is 0 Å². The SMILES string of the molecule is CC(C)(C)[Si](O[C@@H]1CCN(C(=O)OCc2ccccc2)[C@H](c2ccc(C#N)cc2)C1)(c1ccccc1)c1ccccc1. The second-order valence-corrected chi connectivity index (χ2v) is 16.2. The zero-order valence-electron chi connectivity index (χ0n) is 24.6. The Balaban J connectivity index is 1.48. The summed E-state index contributed by atoms with van der Waals surface area (Å²) in [4.78, 5) is 15.3. The number of ether oxygens (including phenoxy) is 1. The zero-order chi connectivity index (χ0) is 29.6. The van der Waals surface area contributed by atoms with Crippen molar-refractivity contribution in [2.75, 3.05) is 6.54 Å². The molecule has 4 aromatic carbocycles. The predicted octanol–water partition coefficient (Wildman–Crippen LogP) is 6.98. The molecule has 5 nitrogen and oxygen atoms in total. The normalized spacial score (nSPS) is 17.3. The summed E-state index contributed by atoms with van der Waals surface area (Å²) in [5.74, 6) is 0. The van der Waals surface area contributed by atoms with Crippen molar-refractivity contribution in [3.63, 3.8) is 0 Å². The minimum atomic E-state index is -2.77. The van der Waals surface area contributed by atoms with Crippen LogP contribution in [0.3, 0.4) is 0 Å². The number of likely N-dealkylation sites (tertiary alicyclic amines) is 1. The van der Waals surface area contributed by atoms with Crippen LogP contribution in [0.4, 0.5) is 4.79 Å². The van der Waals surface area contributed by atoms with Crippen molar-refractivity contribution in [3.05, 3.63) is 132 Å². The molecule has 1 aliphatic heterocycles. The second kappa shape index (κ2) is 12.8. The Morgan fingerprint density at radius 3 is 1.93 bits per heavy atom. The average molecular weight is 575 g/mol. The second-order valence-electron chi connectivity index (χ2n) is 11.9. The molecular weight excluding hydrogens is 536 g/mol. The molecule has 0 aromatic heterocycles. The van der Waals surface area contributed by atoms with Gasteiger partial charge in [-0.15, -0.1) is 0 Å². The maximum absolute atomic E-state index is 13.5. The summed E-state index contributed by atoms with van der Waals surface area (Å²) in [7, 11) is -2.77. The zero-order valence-corrected chi connectivity index (χ0v) is 25.6. The number of piperidine rings is 1. The highest BCUT2D eigenvalue weighted by atomic mass is 28.4. The maximum atomic E-state index is 13.5. The fraction of sp³-hybridized carbons (Fsp3) is 0.278. The lowest BCUT2D eigenvalue weighted by Crippen LogP contribution is -2.68. The first kappa shape index (κ1) is 29.3. The van der Waals surface area contributed by atoms with Crippen LogP contribution in [0.5, 0.6) is 0 Å². The van der Waals surface area contributed by atoms with Crippen LogP contribution in [-0.2, 0) is 15.8 Å². The van der Waals surface area contributed by atoms with E-state index in [1.54, 1.807) is 0 Å². The average Bonchev–Trinajstić information content (AvgIpc) is 3.03. The molecular formula is C36H38N2O3Si. The number of rotatable bonds is 7. The number of amides is 1. The molecule has 0 saturated carbocycles. The van der Waals surface area contributed by atoms with Gasteiger partial charge < -0.3 is 14.1 Å². The van der Waals surface area contributed by atoms with Gasteiger partial charge in [0.1, 0.15) is 6.61 Å². The molecule has 0 spiro atoms. The summed E-state index contributed by atoms with van der Waals surface area (Å²) < 4.78 is 13.3. The molecule has 5 rings (SSSR count). The monoisotopic (exact) mass is 574 g/mol. The molecule has 0 aliphatic carbocycles. The van der Waals surface area contributed by atoms with Crippen molar-refractivity contribution < 1.29 is 14.0 Å². The van der Waals surface area contributed by atoms with Crippen molar-refractivity contribution in [2.45, 2.75) is 57.4 Å². The van der Waals surface area contributed by atoms with Crippen LogP contribution < -0.4 is 10.4 Å². The first-order chi connectivity index (χ1) is 20.3. The molecule has 1 heterocycles. The van der Waals surface area contributed by atoms with Crippen molar-refractivity contribution in [3.8, 4) is 6.07 Å². The third-order valence-electron chi connectivity index (χ3n) is 8.18. The third-order valence-corrected chi connectivity index (χ3v) is 13.3.